The number of carbonyl (C=O) groups excluding carboxylic acids is 1. The Hall–Kier alpha value is -1.98. The van der Waals surface area contributed by atoms with Crippen LogP contribution in [0.1, 0.15) is 18.1 Å². The molecule has 1 heterocycles. The van der Waals surface area contributed by atoms with Gasteiger partial charge in [0.2, 0.25) is 0 Å². The zero-order valence-corrected chi connectivity index (χ0v) is 16.2. The number of amides is 1. The van der Waals surface area contributed by atoms with Crippen molar-refractivity contribution in [2.75, 3.05) is 12.8 Å². The Morgan fingerprint density at radius 3 is 2.40 bits per heavy atom. The predicted molar refractivity (Wildman–Crippen MR) is 109 cm³/mol. The predicted octanol–water partition coefficient (Wildman–Crippen LogP) is 5.34. The van der Waals surface area contributed by atoms with E-state index in [1.807, 2.05) is 56.3 Å². The number of carbonyl (C=O) groups is 1. The van der Waals surface area contributed by atoms with Crippen molar-refractivity contribution in [1.82, 2.24) is 4.90 Å². The minimum atomic E-state index is 0.0207. The van der Waals surface area contributed by atoms with Crippen LogP contribution in [0.2, 0.25) is 0 Å². The van der Waals surface area contributed by atoms with Crippen LogP contribution in [0.4, 0.5) is 5.69 Å². The minimum Gasteiger partial charge on any atom is -0.287 e. The van der Waals surface area contributed by atoms with Gasteiger partial charge in [-0.15, -0.1) is 11.8 Å². The summed E-state index contributed by atoms with van der Waals surface area (Å²) in [6.45, 7) is 4.63. The highest BCUT2D eigenvalue weighted by atomic mass is 32.2. The standard InChI is InChI=1S/C20H20N2OS2/c1-4-22-19(23)18(13-15-7-11-17(24-3)12-8-15)25-20(22)21-16-9-5-14(2)6-10-16/h5-13H,4H2,1-3H3/b18-13+,21-20?. The molecule has 0 bridgehead atoms. The van der Waals surface area contributed by atoms with Gasteiger partial charge in [-0.3, -0.25) is 9.69 Å². The number of likely N-dealkylation sites (N-methyl/N-ethyl adjacent to an activating group) is 1. The van der Waals surface area contributed by atoms with Crippen LogP contribution in [-0.4, -0.2) is 28.8 Å². The van der Waals surface area contributed by atoms with Gasteiger partial charge >= 0.3 is 0 Å². The number of rotatable bonds is 4. The molecule has 1 aliphatic heterocycles. The van der Waals surface area contributed by atoms with Gasteiger partial charge in [0, 0.05) is 11.4 Å². The van der Waals surface area contributed by atoms with E-state index < -0.39 is 0 Å². The number of aryl methyl sites for hydroxylation is 1. The molecule has 1 fully saturated rings. The van der Waals surface area contributed by atoms with Crippen LogP contribution in [-0.2, 0) is 4.79 Å². The van der Waals surface area contributed by atoms with Crippen LogP contribution in [0, 0.1) is 6.92 Å². The number of hydrogen-bond donors (Lipinski definition) is 0. The second kappa shape index (κ2) is 7.93. The first-order valence-corrected chi connectivity index (χ1v) is 10.2. The Labute approximate surface area is 157 Å². The summed E-state index contributed by atoms with van der Waals surface area (Å²) in [7, 11) is 0. The molecule has 5 heteroatoms. The molecule has 1 saturated heterocycles. The Morgan fingerprint density at radius 1 is 1.12 bits per heavy atom. The van der Waals surface area contributed by atoms with E-state index in [4.69, 9.17) is 0 Å². The largest absolute Gasteiger partial charge is 0.287 e. The third-order valence-electron chi connectivity index (χ3n) is 3.88. The fourth-order valence-electron chi connectivity index (χ4n) is 2.45. The summed E-state index contributed by atoms with van der Waals surface area (Å²) in [5.74, 6) is 0.0207. The highest BCUT2D eigenvalue weighted by molar-refractivity contribution is 8.18. The van der Waals surface area contributed by atoms with E-state index in [-0.39, 0.29) is 5.91 Å². The average Bonchev–Trinajstić information content (AvgIpc) is 2.92. The molecule has 25 heavy (non-hydrogen) atoms. The van der Waals surface area contributed by atoms with Gasteiger partial charge < -0.3 is 0 Å². The van der Waals surface area contributed by atoms with Crippen LogP contribution >= 0.6 is 23.5 Å². The van der Waals surface area contributed by atoms with Crippen molar-refractivity contribution >= 4 is 46.4 Å². The second-order valence-corrected chi connectivity index (χ2v) is 7.55. The molecular weight excluding hydrogens is 348 g/mol. The summed E-state index contributed by atoms with van der Waals surface area (Å²) in [5, 5.41) is 0.739. The van der Waals surface area contributed by atoms with Crippen LogP contribution in [0.25, 0.3) is 6.08 Å². The van der Waals surface area contributed by atoms with Crippen LogP contribution < -0.4 is 0 Å². The molecule has 3 rings (SSSR count). The van der Waals surface area contributed by atoms with Gasteiger partial charge in [0.1, 0.15) is 0 Å². The molecular formula is C20H20N2OS2. The normalized spacial score (nSPS) is 17.7. The Bertz CT molecular complexity index is 824. The fourth-order valence-corrected chi connectivity index (χ4v) is 3.92. The molecule has 0 atom stereocenters. The van der Waals surface area contributed by atoms with Crippen molar-refractivity contribution < 1.29 is 4.79 Å². The van der Waals surface area contributed by atoms with Crippen molar-refractivity contribution in [2.24, 2.45) is 4.99 Å². The van der Waals surface area contributed by atoms with E-state index in [9.17, 15) is 4.79 Å². The Balaban J connectivity index is 1.88. The highest BCUT2D eigenvalue weighted by Gasteiger charge is 2.32. The summed E-state index contributed by atoms with van der Waals surface area (Å²) < 4.78 is 0. The minimum absolute atomic E-state index is 0.0207. The quantitative estimate of drug-likeness (QED) is 0.539. The number of amidine groups is 1. The van der Waals surface area contributed by atoms with Crippen molar-refractivity contribution in [1.29, 1.82) is 0 Å². The molecule has 2 aromatic rings. The number of aliphatic imine (C=N–C) groups is 1. The summed E-state index contributed by atoms with van der Waals surface area (Å²) in [5.41, 5.74) is 3.09. The molecule has 1 amide bonds. The van der Waals surface area contributed by atoms with Crippen molar-refractivity contribution in [3.8, 4) is 0 Å². The molecule has 1 aliphatic rings. The fraction of sp³-hybridized carbons (Fsp3) is 0.200. The van der Waals surface area contributed by atoms with E-state index in [1.165, 1.54) is 22.2 Å². The molecule has 0 saturated carbocycles. The molecule has 2 aromatic carbocycles. The van der Waals surface area contributed by atoms with Crippen LogP contribution in [0.15, 0.2) is 63.3 Å². The lowest BCUT2D eigenvalue weighted by atomic mass is 10.2. The maximum Gasteiger partial charge on any atom is 0.266 e. The summed E-state index contributed by atoms with van der Waals surface area (Å²) >= 11 is 3.14. The first kappa shape index (κ1) is 17.8. The summed E-state index contributed by atoms with van der Waals surface area (Å²) in [6.07, 6.45) is 3.99. The molecule has 0 spiro atoms. The van der Waals surface area contributed by atoms with Crippen molar-refractivity contribution in [2.45, 2.75) is 18.7 Å². The van der Waals surface area contributed by atoms with Gasteiger partial charge in [-0.1, -0.05) is 29.8 Å². The van der Waals surface area contributed by atoms with Crippen LogP contribution in [0.5, 0.6) is 0 Å². The number of benzene rings is 2. The maximum atomic E-state index is 12.7. The topological polar surface area (TPSA) is 32.7 Å². The monoisotopic (exact) mass is 368 g/mol. The molecule has 0 aliphatic carbocycles. The van der Waals surface area contributed by atoms with Gasteiger partial charge in [0.15, 0.2) is 5.17 Å². The molecule has 0 N–H and O–H groups in total. The first-order valence-electron chi connectivity index (χ1n) is 8.11. The lowest BCUT2D eigenvalue weighted by Crippen LogP contribution is -2.28. The lowest BCUT2D eigenvalue weighted by molar-refractivity contribution is -0.122. The van der Waals surface area contributed by atoms with Gasteiger partial charge in [-0.2, -0.15) is 0 Å². The van der Waals surface area contributed by atoms with Crippen molar-refractivity contribution in [3.63, 3.8) is 0 Å². The zero-order chi connectivity index (χ0) is 17.8. The highest BCUT2D eigenvalue weighted by Crippen LogP contribution is 2.34. The summed E-state index contributed by atoms with van der Waals surface area (Å²) in [6, 6.07) is 16.2. The third-order valence-corrected chi connectivity index (χ3v) is 5.63. The molecule has 128 valence electrons. The second-order valence-electron chi connectivity index (χ2n) is 5.66. The third kappa shape index (κ3) is 4.17. The van der Waals surface area contributed by atoms with Crippen molar-refractivity contribution in [3.05, 3.63) is 64.6 Å². The van der Waals surface area contributed by atoms with E-state index in [0.29, 0.717) is 11.4 Å². The SMILES string of the molecule is CCN1C(=O)/C(=C\c2ccc(SC)cc2)SC1=Nc1ccc(C)cc1. The smallest absolute Gasteiger partial charge is 0.266 e. The Kier molecular flexibility index (Phi) is 5.66. The number of thioether (sulfide) groups is 2. The maximum absolute atomic E-state index is 12.7. The number of nitrogens with zero attached hydrogens (tertiary/aromatic N) is 2. The molecule has 3 nitrogen and oxygen atoms in total. The van der Waals surface area contributed by atoms with E-state index in [2.05, 4.69) is 23.4 Å². The first-order chi connectivity index (χ1) is 12.1. The average molecular weight is 369 g/mol. The molecule has 0 aromatic heterocycles. The van der Waals surface area contributed by atoms with Gasteiger partial charge in [0.05, 0.1) is 10.6 Å². The van der Waals surface area contributed by atoms with Gasteiger partial charge in [0.25, 0.3) is 5.91 Å². The number of hydrogen-bond acceptors (Lipinski definition) is 4. The van der Waals surface area contributed by atoms with E-state index >= 15 is 0 Å². The van der Waals surface area contributed by atoms with E-state index in [0.717, 1.165) is 16.4 Å². The van der Waals surface area contributed by atoms with Gasteiger partial charge in [-0.25, -0.2) is 4.99 Å². The lowest BCUT2D eigenvalue weighted by Gasteiger charge is -2.12. The summed E-state index contributed by atoms with van der Waals surface area (Å²) in [4.78, 5) is 21.0. The Morgan fingerprint density at radius 2 is 1.80 bits per heavy atom. The van der Waals surface area contributed by atoms with Gasteiger partial charge in [-0.05, 0) is 67.8 Å². The van der Waals surface area contributed by atoms with Crippen LogP contribution in [0.3, 0.4) is 0 Å². The zero-order valence-electron chi connectivity index (χ0n) is 14.5. The molecule has 0 unspecified atom stereocenters. The molecule has 0 radical (unpaired) electrons. The van der Waals surface area contributed by atoms with E-state index in [1.54, 1.807) is 16.7 Å².